The van der Waals surface area contributed by atoms with Crippen LogP contribution in [0.15, 0.2) is 6.33 Å². The predicted octanol–water partition coefficient (Wildman–Crippen LogP) is 1.24. The van der Waals surface area contributed by atoms with Crippen molar-refractivity contribution in [1.82, 2.24) is 14.8 Å². The van der Waals surface area contributed by atoms with Crippen LogP contribution >= 0.6 is 0 Å². The number of ether oxygens (including phenoxy) is 2. The van der Waals surface area contributed by atoms with Crippen molar-refractivity contribution in [2.45, 2.75) is 39.5 Å². The van der Waals surface area contributed by atoms with Gasteiger partial charge in [-0.25, -0.2) is 0 Å². The van der Waals surface area contributed by atoms with Crippen LogP contribution in [0.1, 0.15) is 26.6 Å². The van der Waals surface area contributed by atoms with E-state index >= 15 is 0 Å². The van der Waals surface area contributed by atoms with E-state index in [9.17, 15) is 0 Å². The molecule has 5 heteroatoms. The molecule has 0 bridgehead atoms. The van der Waals surface area contributed by atoms with Gasteiger partial charge in [-0.15, -0.1) is 10.2 Å². The molecule has 0 aliphatic carbocycles. The normalized spacial score (nSPS) is 12.0. The van der Waals surface area contributed by atoms with Gasteiger partial charge >= 0.3 is 0 Å². The Morgan fingerprint density at radius 2 is 2.13 bits per heavy atom. The molecular formula is C10H19N3O2. The van der Waals surface area contributed by atoms with Crippen LogP contribution in [0.3, 0.4) is 0 Å². The topological polar surface area (TPSA) is 49.2 Å². The SMILES string of the molecule is COCCn1cnnc1COC(C)(C)C. The Morgan fingerprint density at radius 3 is 2.73 bits per heavy atom. The average Bonchev–Trinajstić information content (AvgIpc) is 2.57. The van der Waals surface area contributed by atoms with Crippen LogP contribution in [0.4, 0.5) is 0 Å². The largest absolute Gasteiger partial charge is 0.383 e. The summed E-state index contributed by atoms with van der Waals surface area (Å²) in [5.41, 5.74) is -0.155. The standard InChI is InChI=1S/C10H19N3O2/c1-10(2,3)15-7-9-12-11-8-13(9)5-6-14-4/h8H,5-7H2,1-4H3. The molecule has 1 heterocycles. The molecule has 1 aromatic heterocycles. The number of nitrogens with zero attached hydrogens (tertiary/aromatic N) is 3. The second-order valence-corrected chi connectivity index (χ2v) is 4.33. The molecule has 0 aliphatic heterocycles. The molecule has 1 rings (SSSR count). The van der Waals surface area contributed by atoms with Gasteiger partial charge in [0.25, 0.3) is 0 Å². The van der Waals surface area contributed by atoms with E-state index in [1.807, 2.05) is 25.3 Å². The highest BCUT2D eigenvalue weighted by Gasteiger charge is 2.12. The maximum absolute atomic E-state index is 5.63. The Bertz CT molecular complexity index is 291. The zero-order valence-electron chi connectivity index (χ0n) is 9.86. The van der Waals surface area contributed by atoms with E-state index in [1.165, 1.54) is 0 Å². The molecule has 0 aliphatic rings. The molecule has 0 aromatic carbocycles. The third-order valence-corrected chi connectivity index (χ3v) is 1.87. The molecule has 1 aromatic rings. The molecule has 5 nitrogen and oxygen atoms in total. The first-order valence-corrected chi connectivity index (χ1v) is 5.02. The smallest absolute Gasteiger partial charge is 0.158 e. The van der Waals surface area contributed by atoms with Gasteiger partial charge in [-0.1, -0.05) is 0 Å². The molecular weight excluding hydrogens is 194 g/mol. The van der Waals surface area contributed by atoms with E-state index in [0.717, 1.165) is 12.4 Å². The van der Waals surface area contributed by atoms with Gasteiger partial charge in [-0.05, 0) is 20.8 Å². The summed E-state index contributed by atoms with van der Waals surface area (Å²) >= 11 is 0. The second kappa shape index (κ2) is 5.23. The average molecular weight is 213 g/mol. The Labute approximate surface area is 90.4 Å². The fourth-order valence-electron chi connectivity index (χ4n) is 1.05. The summed E-state index contributed by atoms with van der Waals surface area (Å²) in [6, 6.07) is 0. The van der Waals surface area contributed by atoms with E-state index in [-0.39, 0.29) is 5.60 Å². The Kier molecular flexibility index (Phi) is 4.23. The predicted molar refractivity (Wildman–Crippen MR) is 56.4 cm³/mol. The zero-order valence-corrected chi connectivity index (χ0v) is 9.86. The van der Waals surface area contributed by atoms with Crippen molar-refractivity contribution < 1.29 is 9.47 Å². The number of hydrogen-bond donors (Lipinski definition) is 0. The van der Waals surface area contributed by atoms with Crippen molar-refractivity contribution in [2.75, 3.05) is 13.7 Å². The molecule has 0 N–H and O–H groups in total. The molecule has 0 fully saturated rings. The fourth-order valence-corrected chi connectivity index (χ4v) is 1.05. The number of methoxy groups -OCH3 is 1. The van der Waals surface area contributed by atoms with Crippen LogP contribution in [0.2, 0.25) is 0 Å². The Balaban J connectivity index is 2.50. The summed E-state index contributed by atoms with van der Waals surface area (Å²) in [5.74, 6) is 0.835. The minimum absolute atomic E-state index is 0.155. The third-order valence-electron chi connectivity index (χ3n) is 1.87. The van der Waals surface area contributed by atoms with Gasteiger partial charge in [-0.2, -0.15) is 0 Å². The van der Waals surface area contributed by atoms with Crippen LogP contribution < -0.4 is 0 Å². The summed E-state index contributed by atoms with van der Waals surface area (Å²) in [6.07, 6.45) is 1.69. The van der Waals surface area contributed by atoms with Crippen LogP contribution in [0.25, 0.3) is 0 Å². The van der Waals surface area contributed by atoms with Crippen molar-refractivity contribution in [2.24, 2.45) is 0 Å². The monoisotopic (exact) mass is 213 g/mol. The van der Waals surface area contributed by atoms with Gasteiger partial charge < -0.3 is 14.0 Å². The molecule has 15 heavy (non-hydrogen) atoms. The summed E-state index contributed by atoms with van der Waals surface area (Å²) in [4.78, 5) is 0. The van der Waals surface area contributed by atoms with Crippen molar-refractivity contribution in [3.05, 3.63) is 12.2 Å². The Hall–Kier alpha value is -0.940. The lowest BCUT2D eigenvalue weighted by atomic mass is 10.2. The third kappa shape index (κ3) is 4.40. The van der Waals surface area contributed by atoms with Gasteiger partial charge in [0.15, 0.2) is 5.82 Å². The molecule has 0 unspecified atom stereocenters. The number of hydrogen-bond acceptors (Lipinski definition) is 4. The summed E-state index contributed by atoms with van der Waals surface area (Å²) in [7, 11) is 1.68. The van der Waals surface area contributed by atoms with Crippen LogP contribution in [-0.2, 0) is 22.6 Å². The molecule has 0 radical (unpaired) electrons. The summed E-state index contributed by atoms with van der Waals surface area (Å²) in [5, 5.41) is 7.86. The summed E-state index contributed by atoms with van der Waals surface area (Å²) in [6.45, 7) is 7.94. The zero-order chi connectivity index (χ0) is 11.3. The minimum Gasteiger partial charge on any atom is -0.383 e. The van der Waals surface area contributed by atoms with E-state index in [4.69, 9.17) is 9.47 Å². The molecule has 0 spiro atoms. The molecule has 0 amide bonds. The van der Waals surface area contributed by atoms with Crippen LogP contribution in [-0.4, -0.2) is 34.1 Å². The van der Waals surface area contributed by atoms with Gasteiger partial charge in [-0.3, -0.25) is 0 Å². The lowest BCUT2D eigenvalue weighted by molar-refractivity contribution is -0.0196. The molecule has 0 atom stereocenters. The van der Waals surface area contributed by atoms with Crippen LogP contribution in [0.5, 0.6) is 0 Å². The molecule has 86 valence electrons. The fraction of sp³-hybridized carbons (Fsp3) is 0.800. The van der Waals surface area contributed by atoms with Crippen LogP contribution in [0, 0.1) is 0 Å². The summed E-state index contributed by atoms with van der Waals surface area (Å²) < 4.78 is 12.6. The second-order valence-electron chi connectivity index (χ2n) is 4.33. The first-order valence-electron chi connectivity index (χ1n) is 5.02. The molecule has 0 saturated heterocycles. The van der Waals surface area contributed by atoms with Gasteiger partial charge in [0.2, 0.25) is 0 Å². The maximum atomic E-state index is 5.63. The maximum Gasteiger partial charge on any atom is 0.158 e. The van der Waals surface area contributed by atoms with Crippen molar-refractivity contribution in [3.63, 3.8) is 0 Å². The first kappa shape index (κ1) is 12.1. The van der Waals surface area contributed by atoms with Crippen molar-refractivity contribution in [3.8, 4) is 0 Å². The molecule has 0 saturated carbocycles. The van der Waals surface area contributed by atoms with Crippen molar-refractivity contribution in [1.29, 1.82) is 0 Å². The highest BCUT2D eigenvalue weighted by molar-refractivity contribution is 4.83. The number of rotatable bonds is 5. The van der Waals surface area contributed by atoms with Gasteiger partial charge in [0.05, 0.1) is 12.2 Å². The van der Waals surface area contributed by atoms with E-state index in [2.05, 4.69) is 10.2 Å². The van der Waals surface area contributed by atoms with E-state index in [1.54, 1.807) is 13.4 Å². The number of aromatic nitrogens is 3. The van der Waals surface area contributed by atoms with Gasteiger partial charge in [0, 0.05) is 13.7 Å². The van der Waals surface area contributed by atoms with Crippen molar-refractivity contribution >= 4 is 0 Å². The van der Waals surface area contributed by atoms with Gasteiger partial charge in [0.1, 0.15) is 12.9 Å². The van der Waals surface area contributed by atoms with E-state index < -0.39 is 0 Å². The first-order chi connectivity index (χ1) is 7.03. The quantitative estimate of drug-likeness (QED) is 0.738. The lowest BCUT2D eigenvalue weighted by Gasteiger charge is -2.19. The minimum atomic E-state index is -0.155. The lowest BCUT2D eigenvalue weighted by Crippen LogP contribution is -2.20. The Morgan fingerprint density at radius 1 is 1.40 bits per heavy atom. The van der Waals surface area contributed by atoms with E-state index in [0.29, 0.717) is 13.2 Å². The highest BCUT2D eigenvalue weighted by atomic mass is 16.5. The highest BCUT2D eigenvalue weighted by Crippen LogP contribution is 2.10.